The van der Waals surface area contributed by atoms with Crippen molar-refractivity contribution in [2.24, 2.45) is 0 Å². The molecule has 0 bridgehead atoms. The fraction of sp³-hybridized carbons (Fsp3) is 0.562. The molecule has 2 aliphatic heterocycles. The lowest BCUT2D eigenvalue weighted by molar-refractivity contribution is -0.124. The smallest absolute Gasteiger partial charge is 0.237 e. The van der Waals surface area contributed by atoms with Crippen molar-refractivity contribution in [3.8, 4) is 0 Å². The molecule has 1 unspecified atom stereocenters. The Bertz CT molecular complexity index is 506. The van der Waals surface area contributed by atoms with Crippen molar-refractivity contribution in [3.63, 3.8) is 0 Å². The highest BCUT2D eigenvalue weighted by Crippen LogP contribution is 2.16. The van der Waals surface area contributed by atoms with Gasteiger partial charge in [-0.25, -0.2) is 0 Å². The molecule has 5 heteroatoms. The molecule has 2 aliphatic rings. The lowest BCUT2D eigenvalue weighted by Crippen LogP contribution is -2.51. The Hall–Kier alpha value is -1.43. The number of nitrogens with one attached hydrogen (secondary N) is 2. The number of nitrogens with zero attached hydrogens (tertiary/aromatic N) is 1. The van der Waals surface area contributed by atoms with E-state index in [2.05, 4.69) is 34.7 Å². The summed E-state index contributed by atoms with van der Waals surface area (Å²) in [5.41, 5.74) is 2.56. The van der Waals surface area contributed by atoms with E-state index in [-0.39, 0.29) is 18.1 Å². The topological polar surface area (TPSA) is 53.6 Å². The maximum atomic E-state index is 12.3. The van der Waals surface area contributed by atoms with Crippen LogP contribution in [0.4, 0.5) is 0 Å². The summed E-state index contributed by atoms with van der Waals surface area (Å²) in [4.78, 5) is 14.5. The summed E-state index contributed by atoms with van der Waals surface area (Å²) in [6.45, 7) is 3.93. The largest absolute Gasteiger partial charge is 0.374 e. The number of fused-ring (bicyclic) bond motifs is 1. The summed E-state index contributed by atoms with van der Waals surface area (Å²) in [6, 6.07) is 8.15. The normalized spacial score (nSPS) is 26.1. The number of rotatable bonds is 3. The van der Waals surface area contributed by atoms with Crippen LogP contribution in [0.1, 0.15) is 11.1 Å². The second-order valence-corrected chi connectivity index (χ2v) is 5.91. The van der Waals surface area contributed by atoms with Crippen molar-refractivity contribution >= 4 is 5.91 Å². The SMILES string of the molecule is CN1CCOC(CNC(=O)[C@H]2Cc3ccccc3CN2)C1. The van der Waals surface area contributed by atoms with E-state index in [1.165, 1.54) is 11.1 Å². The van der Waals surface area contributed by atoms with Gasteiger partial charge >= 0.3 is 0 Å². The molecule has 5 nitrogen and oxygen atoms in total. The average Bonchev–Trinajstić information content (AvgIpc) is 2.52. The number of hydrogen-bond donors (Lipinski definition) is 2. The lowest BCUT2D eigenvalue weighted by Gasteiger charge is -2.31. The first-order chi connectivity index (χ1) is 10.2. The van der Waals surface area contributed by atoms with E-state index in [1.807, 2.05) is 12.1 Å². The zero-order valence-electron chi connectivity index (χ0n) is 12.5. The molecular weight excluding hydrogens is 266 g/mol. The minimum Gasteiger partial charge on any atom is -0.374 e. The Kier molecular flexibility index (Phi) is 4.53. The zero-order valence-corrected chi connectivity index (χ0v) is 12.5. The summed E-state index contributed by atoms with van der Waals surface area (Å²) in [7, 11) is 2.08. The van der Waals surface area contributed by atoms with Gasteiger partial charge in [0.25, 0.3) is 0 Å². The van der Waals surface area contributed by atoms with Crippen LogP contribution in [0.25, 0.3) is 0 Å². The van der Waals surface area contributed by atoms with Gasteiger partial charge in [0.05, 0.1) is 18.8 Å². The van der Waals surface area contributed by atoms with Gasteiger partial charge in [0.2, 0.25) is 5.91 Å². The number of carbonyl (C=O) groups is 1. The third-order valence-electron chi connectivity index (χ3n) is 4.24. The summed E-state index contributed by atoms with van der Waals surface area (Å²) in [5.74, 6) is 0.0707. The molecule has 21 heavy (non-hydrogen) atoms. The minimum atomic E-state index is -0.138. The molecule has 0 aliphatic carbocycles. The number of morpholine rings is 1. The molecule has 1 aromatic rings. The second kappa shape index (κ2) is 6.56. The van der Waals surface area contributed by atoms with Crippen molar-refractivity contribution in [2.75, 3.05) is 33.3 Å². The molecule has 3 rings (SSSR count). The van der Waals surface area contributed by atoms with Crippen molar-refractivity contribution in [1.82, 2.24) is 15.5 Å². The van der Waals surface area contributed by atoms with Crippen molar-refractivity contribution in [2.45, 2.75) is 25.1 Å². The molecule has 0 radical (unpaired) electrons. The fourth-order valence-corrected chi connectivity index (χ4v) is 2.97. The number of amides is 1. The van der Waals surface area contributed by atoms with Crippen LogP contribution < -0.4 is 10.6 Å². The fourth-order valence-electron chi connectivity index (χ4n) is 2.97. The van der Waals surface area contributed by atoms with E-state index in [0.29, 0.717) is 6.54 Å². The van der Waals surface area contributed by atoms with E-state index >= 15 is 0 Å². The zero-order chi connectivity index (χ0) is 14.7. The predicted octanol–water partition coefficient (Wildman–Crippen LogP) is 0.148. The molecule has 0 spiro atoms. The summed E-state index contributed by atoms with van der Waals surface area (Å²) in [5, 5.41) is 6.33. The van der Waals surface area contributed by atoms with E-state index in [4.69, 9.17) is 4.74 Å². The predicted molar refractivity (Wildman–Crippen MR) is 81.0 cm³/mol. The van der Waals surface area contributed by atoms with Crippen LogP contribution in [0.3, 0.4) is 0 Å². The Balaban J connectivity index is 1.50. The number of benzene rings is 1. The van der Waals surface area contributed by atoms with Crippen molar-refractivity contribution in [3.05, 3.63) is 35.4 Å². The van der Waals surface area contributed by atoms with E-state index in [0.717, 1.165) is 32.7 Å². The third-order valence-corrected chi connectivity index (χ3v) is 4.24. The second-order valence-electron chi connectivity index (χ2n) is 5.91. The molecule has 114 valence electrons. The summed E-state index contributed by atoms with van der Waals surface area (Å²) < 4.78 is 5.67. The van der Waals surface area contributed by atoms with Crippen LogP contribution in [-0.2, 0) is 22.5 Å². The molecule has 0 aromatic heterocycles. The maximum Gasteiger partial charge on any atom is 0.237 e. The van der Waals surface area contributed by atoms with Crippen LogP contribution in [0, 0.1) is 0 Å². The van der Waals surface area contributed by atoms with Crippen LogP contribution >= 0.6 is 0 Å². The van der Waals surface area contributed by atoms with Gasteiger partial charge in [0, 0.05) is 26.2 Å². The molecule has 1 fully saturated rings. The minimum absolute atomic E-state index is 0.0707. The summed E-state index contributed by atoms with van der Waals surface area (Å²) in [6.07, 6.45) is 0.858. The van der Waals surface area contributed by atoms with Gasteiger partial charge in [-0.05, 0) is 24.6 Å². The highest BCUT2D eigenvalue weighted by atomic mass is 16.5. The van der Waals surface area contributed by atoms with Crippen molar-refractivity contribution < 1.29 is 9.53 Å². The average molecular weight is 289 g/mol. The Morgan fingerprint density at radius 1 is 1.43 bits per heavy atom. The van der Waals surface area contributed by atoms with E-state index in [9.17, 15) is 4.79 Å². The molecule has 2 N–H and O–H groups in total. The third kappa shape index (κ3) is 3.61. The highest BCUT2D eigenvalue weighted by Gasteiger charge is 2.25. The number of hydrogen-bond acceptors (Lipinski definition) is 4. The first-order valence-corrected chi connectivity index (χ1v) is 7.60. The van der Waals surface area contributed by atoms with Gasteiger partial charge in [0.1, 0.15) is 0 Å². The first-order valence-electron chi connectivity index (χ1n) is 7.60. The monoisotopic (exact) mass is 289 g/mol. The molecule has 2 atom stereocenters. The van der Waals surface area contributed by atoms with Gasteiger partial charge in [-0.3, -0.25) is 4.79 Å². The Morgan fingerprint density at radius 3 is 3.05 bits per heavy atom. The number of ether oxygens (including phenoxy) is 1. The summed E-state index contributed by atoms with van der Waals surface area (Å²) >= 11 is 0. The molecule has 1 saturated heterocycles. The van der Waals surface area contributed by atoms with Crippen LogP contribution in [-0.4, -0.2) is 56.2 Å². The number of carbonyl (C=O) groups excluding carboxylic acids is 1. The molecule has 2 heterocycles. The number of likely N-dealkylation sites (N-methyl/N-ethyl adjacent to an activating group) is 1. The molecular formula is C16H23N3O2. The quantitative estimate of drug-likeness (QED) is 0.831. The van der Waals surface area contributed by atoms with Gasteiger partial charge < -0.3 is 20.3 Å². The standard InChI is InChI=1S/C16H23N3O2/c1-19-6-7-21-14(11-19)10-18-16(20)15-8-12-4-2-3-5-13(12)9-17-15/h2-5,14-15,17H,6-11H2,1H3,(H,18,20)/t14?,15-/m1/s1. The van der Waals surface area contributed by atoms with E-state index < -0.39 is 0 Å². The lowest BCUT2D eigenvalue weighted by atomic mass is 9.95. The Morgan fingerprint density at radius 2 is 2.24 bits per heavy atom. The highest BCUT2D eigenvalue weighted by molar-refractivity contribution is 5.82. The van der Waals surface area contributed by atoms with Crippen LogP contribution in [0.15, 0.2) is 24.3 Å². The van der Waals surface area contributed by atoms with Crippen LogP contribution in [0.2, 0.25) is 0 Å². The maximum absolute atomic E-state index is 12.3. The molecule has 1 amide bonds. The van der Waals surface area contributed by atoms with Crippen LogP contribution in [0.5, 0.6) is 0 Å². The van der Waals surface area contributed by atoms with E-state index in [1.54, 1.807) is 0 Å². The molecule has 0 saturated carbocycles. The first kappa shape index (κ1) is 14.5. The van der Waals surface area contributed by atoms with Gasteiger partial charge in [-0.15, -0.1) is 0 Å². The van der Waals surface area contributed by atoms with Gasteiger partial charge in [-0.2, -0.15) is 0 Å². The van der Waals surface area contributed by atoms with Gasteiger partial charge in [0.15, 0.2) is 0 Å². The van der Waals surface area contributed by atoms with Crippen molar-refractivity contribution in [1.29, 1.82) is 0 Å². The van der Waals surface area contributed by atoms with Gasteiger partial charge in [-0.1, -0.05) is 24.3 Å². The Labute approximate surface area is 125 Å². The molecule has 1 aromatic carbocycles.